The van der Waals surface area contributed by atoms with E-state index in [0.29, 0.717) is 18.4 Å². The predicted octanol–water partition coefficient (Wildman–Crippen LogP) is 4.21. The van der Waals surface area contributed by atoms with Crippen LogP contribution in [-0.2, 0) is 11.3 Å². The highest BCUT2D eigenvalue weighted by Gasteiger charge is 2.60. The van der Waals surface area contributed by atoms with Crippen molar-refractivity contribution in [2.24, 2.45) is 21.8 Å². The normalized spacial score (nSPS) is 28.4. The Labute approximate surface area is 181 Å². The van der Waals surface area contributed by atoms with Gasteiger partial charge < -0.3 is 4.42 Å². The summed E-state index contributed by atoms with van der Waals surface area (Å²) < 4.78 is 7.59. The Bertz CT molecular complexity index is 976. The van der Waals surface area contributed by atoms with Crippen molar-refractivity contribution in [1.82, 2.24) is 20.2 Å². The van der Waals surface area contributed by atoms with Gasteiger partial charge >= 0.3 is 0 Å². The van der Waals surface area contributed by atoms with Gasteiger partial charge in [-0.1, -0.05) is 32.5 Å². The first-order valence-electron chi connectivity index (χ1n) is 10.8. The van der Waals surface area contributed by atoms with Gasteiger partial charge in [0.25, 0.3) is 5.91 Å². The molecule has 2 aromatic heterocycles. The zero-order valence-electron chi connectivity index (χ0n) is 17.9. The van der Waals surface area contributed by atoms with E-state index in [2.05, 4.69) is 46.1 Å². The molecule has 1 amide bonds. The number of carbonyl (C=O) groups excluding carboxylic acids is 1. The number of fused-ring (bicyclic) bond motifs is 2. The number of nitrogens with one attached hydrogen (secondary N) is 1. The SMILES string of the molecule is CC12CCC(C/C1=N/NC(=O)CSc1nnc(C3CC3)n1Cc1ccco1)C2(C)C. The van der Waals surface area contributed by atoms with Crippen molar-refractivity contribution in [2.75, 3.05) is 5.75 Å². The molecule has 3 aliphatic carbocycles. The fourth-order valence-corrected chi connectivity index (χ4v) is 5.88. The van der Waals surface area contributed by atoms with Crippen LogP contribution in [0, 0.1) is 16.7 Å². The maximum Gasteiger partial charge on any atom is 0.250 e. The van der Waals surface area contributed by atoms with E-state index in [9.17, 15) is 4.79 Å². The summed E-state index contributed by atoms with van der Waals surface area (Å²) in [6, 6.07) is 3.83. The Morgan fingerprint density at radius 1 is 1.33 bits per heavy atom. The topological polar surface area (TPSA) is 85.3 Å². The number of hydrazone groups is 1. The minimum Gasteiger partial charge on any atom is -0.467 e. The van der Waals surface area contributed by atoms with Gasteiger partial charge in [0.2, 0.25) is 0 Å². The van der Waals surface area contributed by atoms with Gasteiger partial charge in [0.15, 0.2) is 5.16 Å². The number of nitrogens with zero attached hydrogens (tertiary/aromatic N) is 4. The van der Waals surface area contributed by atoms with E-state index in [1.807, 2.05) is 12.1 Å². The van der Waals surface area contributed by atoms with Gasteiger partial charge in [0.1, 0.15) is 11.6 Å². The van der Waals surface area contributed by atoms with Crippen LogP contribution in [0.4, 0.5) is 0 Å². The fraction of sp³-hybridized carbons (Fsp3) is 0.636. The van der Waals surface area contributed by atoms with Crippen LogP contribution < -0.4 is 5.43 Å². The lowest BCUT2D eigenvalue weighted by molar-refractivity contribution is -0.118. The second-order valence-electron chi connectivity index (χ2n) is 9.66. The van der Waals surface area contributed by atoms with Gasteiger partial charge in [-0.15, -0.1) is 10.2 Å². The van der Waals surface area contributed by atoms with Gasteiger partial charge in [-0.2, -0.15) is 5.10 Å². The van der Waals surface area contributed by atoms with Crippen molar-refractivity contribution >= 4 is 23.4 Å². The van der Waals surface area contributed by atoms with E-state index >= 15 is 0 Å². The summed E-state index contributed by atoms with van der Waals surface area (Å²) >= 11 is 1.41. The Hall–Kier alpha value is -2.09. The number of rotatable bonds is 7. The predicted molar refractivity (Wildman–Crippen MR) is 115 cm³/mol. The summed E-state index contributed by atoms with van der Waals surface area (Å²) in [6.07, 6.45) is 7.39. The van der Waals surface area contributed by atoms with E-state index in [4.69, 9.17) is 4.42 Å². The zero-order chi connectivity index (χ0) is 20.9. The van der Waals surface area contributed by atoms with Crippen LogP contribution in [0.5, 0.6) is 0 Å². The van der Waals surface area contributed by atoms with Gasteiger partial charge in [0, 0.05) is 17.0 Å². The Kier molecular flexibility index (Phi) is 4.80. The lowest BCUT2D eigenvalue weighted by Gasteiger charge is -2.34. The van der Waals surface area contributed by atoms with Gasteiger partial charge in [-0.3, -0.25) is 9.36 Å². The van der Waals surface area contributed by atoms with E-state index in [1.54, 1.807) is 6.26 Å². The Morgan fingerprint density at radius 3 is 2.80 bits per heavy atom. The number of hydrogen-bond donors (Lipinski definition) is 1. The van der Waals surface area contributed by atoms with Crippen molar-refractivity contribution in [2.45, 2.75) is 70.5 Å². The highest BCUT2D eigenvalue weighted by Crippen LogP contribution is 2.63. The standard InChI is InChI=1S/C22H29N5O2S/c1-21(2)15-8-9-22(21,3)17(11-15)23-24-18(28)13-30-20-26-25-19(14-6-7-14)27(20)12-16-5-4-10-29-16/h4-5,10,14-15H,6-9,11-13H2,1-3H3,(H,24,28)/b23-17-. The molecule has 30 heavy (non-hydrogen) atoms. The number of amides is 1. The van der Waals surface area contributed by atoms with Crippen LogP contribution in [0.3, 0.4) is 0 Å². The maximum absolute atomic E-state index is 12.5. The average molecular weight is 428 g/mol. The molecule has 2 unspecified atom stereocenters. The van der Waals surface area contributed by atoms with E-state index in [0.717, 1.165) is 48.1 Å². The molecule has 2 aromatic rings. The molecular formula is C22H29N5O2S. The average Bonchev–Trinajstić information content (AvgIpc) is 3.12. The first kappa shape index (κ1) is 19.8. The quantitative estimate of drug-likeness (QED) is 0.528. The highest BCUT2D eigenvalue weighted by molar-refractivity contribution is 7.99. The molecule has 3 fully saturated rings. The first-order chi connectivity index (χ1) is 14.4. The molecule has 2 bridgehead atoms. The molecule has 5 rings (SSSR count). The van der Waals surface area contributed by atoms with Crippen LogP contribution in [0.1, 0.15) is 70.4 Å². The van der Waals surface area contributed by atoms with Crippen molar-refractivity contribution < 1.29 is 9.21 Å². The summed E-state index contributed by atoms with van der Waals surface area (Å²) in [7, 11) is 0. The molecule has 3 aliphatic rings. The third-order valence-corrected chi connectivity index (χ3v) is 8.71. The largest absolute Gasteiger partial charge is 0.467 e. The van der Waals surface area contributed by atoms with E-state index in [1.165, 1.54) is 18.2 Å². The first-order valence-corrected chi connectivity index (χ1v) is 11.8. The summed E-state index contributed by atoms with van der Waals surface area (Å²) in [5, 5.41) is 14.0. The molecule has 0 aliphatic heterocycles. The van der Waals surface area contributed by atoms with Gasteiger partial charge in [-0.25, -0.2) is 5.43 Å². The van der Waals surface area contributed by atoms with Crippen LogP contribution in [0.25, 0.3) is 0 Å². The van der Waals surface area contributed by atoms with Crippen LogP contribution in [0.2, 0.25) is 0 Å². The number of carbonyl (C=O) groups is 1. The fourth-order valence-electron chi connectivity index (χ4n) is 5.15. The minimum absolute atomic E-state index is 0.0977. The van der Waals surface area contributed by atoms with E-state index in [-0.39, 0.29) is 22.5 Å². The highest BCUT2D eigenvalue weighted by atomic mass is 32.2. The molecule has 1 N–H and O–H groups in total. The molecule has 160 valence electrons. The lowest BCUT2D eigenvalue weighted by atomic mass is 9.70. The van der Waals surface area contributed by atoms with Crippen molar-refractivity contribution in [3.8, 4) is 0 Å². The number of aromatic nitrogens is 3. The summed E-state index contributed by atoms with van der Waals surface area (Å²) in [5.74, 6) is 3.17. The van der Waals surface area contributed by atoms with Gasteiger partial charge in [0.05, 0.1) is 18.6 Å². The molecule has 3 saturated carbocycles. The van der Waals surface area contributed by atoms with Crippen molar-refractivity contribution in [3.63, 3.8) is 0 Å². The summed E-state index contributed by atoms with van der Waals surface area (Å²) in [4.78, 5) is 12.5. The third-order valence-electron chi connectivity index (χ3n) is 7.74. The van der Waals surface area contributed by atoms with Crippen LogP contribution >= 0.6 is 11.8 Å². The second-order valence-corrected chi connectivity index (χ2v) is 10.6. The zero-order valence-corrected chi connectivity index (χ0v) is 18.7. The molecule has 7 nitrogen and oxygen atoms in total. The molecular weight excluding hydrogens is 398 g/mol. The van der Waals surface area contributed by atoms with Crippen LogP contribution in [0.15, 0.2) is 33.1 Å². The molecule has 2 heterocycles. The summed E-state index contributed by atoms with van der Waals surface area (Å²) in [5.41, 5.74) is 4.31. The number of hydrogen-bond acceptors (Lipinski definition) is 6. The second kappa shape index (κ2) is 7.25. The molecule has 2 atom stereocenters. The van der Waals surface area contributed by atoms with Gasteiger partial charge in [-0.05, 0) is 55.6 Å². The Morgan fingerprint density at radius 2 is 2.17 bits per heavy atom. The van der Waals surface area contributed by atoms with Crippen molar-refractivity contribution in [3.05, 3.63) is 30.0 Å². The lowest BCUT2D eigenvalue weighted by Crippen LogP contribution is -2.34. The van der Waals surface area contributed by atoms with Crippen LogP contribution in [-0.4, -0.2) is 32.1 Å². The molecule has 0 spiro atoms. The summed E-state index contributed by atoms with van der Waals surface area (Å²) in [6.45, 7) is 7.57. The smallest absolute Gasteiger partial charge is 0.250 e. The van der Waals surface area contributed by atoms with Crippen molar-refractivity contribution in [1.29, 1.82) is 0 Å². The monoisotopic (exact) mass is 427 g/mol. The maximum atomic E-state index is 12.5. The molecule has 0 aromatic carbocycles. The minimum atomic E-state index is -0.0998. The molecule has 0 radical (unpaired) electrons. The Balaban J connectivity index is 1.23. The molecule has 0 saturated heterocycles. The number of furan rings is 1. The third kappa shape index (κ3) is 3.29. The molecule has 8 heteroatoms. The number of thioether (sulfide) groups is 1. The van der Waals surface area contributed by atoms with E-state index < -0.39 is 0 Å².